The minimum absolute atomic E-state index is 0. The van der Waals surface area contributed by atoms with Gasteiger partial charge in [-0.3, -0.25) is 0 Å². The summed E-state index contributed by atoms with van der Waals surface area (Å²) in [5, 5.41) is 2.23. The van der Waals surface area contributed by atoms with Crippen molar-refractivity contribution in [1.29, 1.82) is 0 Å². The van der Waals surface area contributed by atoms with Crippen LogP contribution in [-0.2, 0) is 0 Å². The summed E-state index contributed by atoms with van der Waals surface area (Å²) < 4.78 is 13.0. The molecule has 0 atom stereocenters. The number of benzene rings is 1. The van der Waals surface area contributed by atoms with Crippen LogP contribution < -0.4 is 11.5 Å². The Labute approximate surface area is 112 Å². The third kappa shape index (κ3) is 3.50. The zero-order valence-corrected chi connectivity index (χ0v) is 11.2. The largest absolute Gasteiger partial charge is 0.370 e. The first kappa shape index (κ1) is 13.6. The van der Waals surface area contributed by atoms with Crippen molar-refractivity contribution < 1.29 is 4.39 Å². The molecule has 4 nitrogen and oxygen atoms in total. The summed E-state index contributed by atoms with van der Waals surface area (Å²) in [6.45, 7) is 0. The van der Waals surface area contributed by atoms with Crippen molar-refractivity contribution in [1.82, 2.24) is 4.98 Å². The summed E-state index contributed by atoms with van der Waals surface area (Å²) in [5.74, 6) is -0.339. The number of halogens is 2. The third-order valence-corrected chi connectivity index (χ3v) is 2.57. The van der Waals surface area contributed by atoms with Crippen molar-refractivity contribution in [3.05, 3.63) is 35.5 Å². The number of guanidine groups is 1. The molecule has 0 unspecified atom stereocenters. The maximum absolute atomic E-state index is 13.0. The Morgan fingerprint density at radius 2 is 2.12 bits per heavy atom. The zero-order valence-electron chi connectivity index (χ0n) is 8.63. The van der Waals surface area contributed by atoms with Gasteiger partial charge in [-0.15, -0.1) is 28.3 Å². The molecular weight excluding hydrogens is 307 g/mol. The Balaban J connectivity index is 0.00000144. The predicted molar refractivity (Wildman–Crippen MR) is 73.3 cm³/mol. The van der Waals surface area contributed by atoms with Gasteiger partial charge in [-0.2, -0.15) is 4.99 Å². The van der Waals surface area contributed by atoms with E-state index in [9.17, 15) is 4.39 Å². The smallest absolute Gasteiger partial charge is 0.212 e. The monoisotopic (exact) mass is 316 g/mol. The second-order valence-electron chi connectivity index (χ2n) is 3.06. The van der Waals surface area contributed by atoms with Gasteiger partial charge in [0.2, 0.25) is 5.13 Å². The van der Waals surface area contributed by atoms with E-state index in [1.54, 1.807) is 17.5 Å². The summed E-state index contributed by atoms with van der Waals surface area (Å²) in [7, 11) is 0. The van der Waals surface area contributed by atoms with Gasteiger partial charge in [0.05, 0.1) is 5.69 Å². The molecule has 1 heterocycles. The number of nitrogens with two attached hydrogens (primary N) is 2. The Bertz CT molecular complexity index is 537. The van der Waals surface area contributed by atoms with Crippen LogP contribution in [0.1, 0.15) is 0 Å². The molecule has 4 N–H and O–H groups in total. The molecule has 0 saturated heterocycles. The van der Waals surface area contributed by atoms with Crippen LogP contribution in [0.3, 0.4) is 0 Å². The average Bonchev–Trinajstić information content (AvgIpc) is 2.65. The maximum Gasteiger partial charge on any atom is 0.212 e. The number of aliphatic imine (C=N–C) groups is 1. The van der Waals surface area contributed by atoms with Gasteiger partial charge >= 0.3 is 0 Å². The van der Waals surface area contributed by atoms with Crippen molar-refractivity contribution in [2.75, 3.05) is 0 Å². The Hall–Kier alpha value is -1.47. The average molecular weight is 317 g/mol. The number of rotatable bonds is 2. The highest BCUT2D eigenvalue weighted by molar-refractivity contribution is 8.93. The SMILES string of the molecule is Br.NC(N)=Nc1nc(-c2cccc(F)c2)cs1. The first-order chi connectivity index (χ1) is 7.65. The van der Waals surface area contributed by atoms with Crippen LogP contribution in [0.15, 0.2) is 34.6 Å². The van der Waals surface area contributed by atoms with Crippen LogP contribution in [0.2, 0.25) is 0 Å². The van der Waals surface area contributed by atoms with Crippen molar-refractivity contribution in [2.24, 2.45) is 16.5 Å². The lowest BCUT2D eigenvalue weighted by atomic mass is 10.2. The molecule has 7 heteroatoms. The van der Waals surface area contributed by atoms with E-state index in [2.05, 4.69) is 9.98 Å². The summed E-state index contributed by atoms with van der Waals surface area (Å²) in [6.07, 6.45) is 0. The lowest BCUT2D eigenvalue weighted by Gasteiger charge is -1.95. The van der Waals surface area contributed by atoms with E-state index < -0.39 is 0 Å². The lowest BCUT2D eigenvalue weighted by Crippen LogP contribution is -2.21. The van der Waals surface area contributed by atoms with Gasteiger partial charge in [-0.25, -0.2) is 9.37 Å². The fraction of sp³-hybridized carbons (Fsp3) is 0. The molecule has 90 valence electrons. The summed E-state index contributed by atoms with van der Waals surface area (Å²) in [5.41, 5.74) is 11.8. The predicted octanol–water partition coefficient (Wildman–Crippen LogP) is 2.43. The summed E-state index contributed by atoms with van der Waals surface area (Å²) in [4.78, 5) is 7.98. The van der Waals surface area contributed by atoms with Gasteiger partial charge in [0.15, 0.2) is 5.96 Å². The highest BCUT2D eigenvalue weighted by atomic mass is 79.9. The second-order valence-corrected chi connectivity index (χ2v) is 3.90. The Morgan fingerprint density at radius 1 is 1.35 bits per heavy atom. The van der Waals surface area contributed by atoms with E-state index in [0.29, 0.717) is 16.4 Å². The first-order valence-electron chi connectivity index (χ1n) is 4.46. The van der Waals surface area contributed by atoms with Crippen LogP contribution in [0.4, 0.5) is 9.52 Å². The molecular formula is C10H10BrFN4S. The van der Waals surface area contributed by atoms with Crippen molar-refractivity contribution in [3.63, 3.8) is 0 Å². The molecule has 0 aliphatic heterocycles. The second kappa shape index (κ2) is 5.74. The van der Waals surface area contributed by atoms with Gasteiger partial charge in [0.1, 0.15) is 5.82 Å². The normalized spacial score (nSPS) is 9.47. The molecule has 0 spiro atoms. The molecule has 0 aliphatic carbocycles. The molecule has 0 amide bonds. The lowest BCUT2D eigenvalue weighted by molar-refractivity contribution is 0.628. The minimum atomic E-state index is -0.297. The van der Waals surface area contributed by atoms with Gasteiger partial charge in [-0.05, 0) is 12.1 Å². The Morgan fingerprint density at radius 3 is 2.76 bits per heavy atom. The van der Waals surface area contributed by atoms with Gasteiger partial charge < -0.3 is 11.5 Å². The molecule has 0 saturated carbocycles. The molecule has 17 heavy (non-hydrogen) atoms. The highest BCUT2D eigenvalue weighted by Gasteiger charge is 2.04. The fourth-order valence-electron chi connectivity index (χ4n) is 1.21. The van der Waals surface area contributed by atoms with Crippen LogP contribution in [-0.4, -0.2) is 10.9 Å². The number of aromatic nitrogens is 1. The molecule has 2 aromatic rings. The third-order valence-electron chi connectivity index (χ3n) is 1.84. The van der Waals surface area contributed by atoms with E-state index in [1.165, 1.54) is 23.5 Å². The highest BCUT2D eigenvalue weighted by Crippen LogP contribution is 2.26. The topological polar surface area (TPSA) is 77.3 Å². The molecule has 0 aliphatic rings. The molecule has 2 rings (SSSR count). The van der Waals surface area contributed by atoms with Gasteiger partial charge in [-0.1, -0.05) is 12.1 Å². The van der Waals surface area contributed by atoms with Crippen molar-refractivity contribution in [2.45, 2.75) is 0 Å². The summed E-state index contributed by atoms with van der Waals surface area (Å²) >= 11 is 1.30. The standard InChI is InChI=1S/C10H9FN4S.BrH/c11-7-3-1-2-6(4-7)8-5-16-10(14-8)15-9(12)13;/h1-5H,(H4,12,13,14,15);1H. The van der Waals surface area contributed by atoms with Gasteiger partial charge in [0, 0.05) is 10.9 Å². The van der Waals surface area contributed by atoms with E-state index in [1.807, 2.05) is 0 Å². The van der Waals surface area contributed by atoms with Crippen LogP contribution >= 0.6 is 28.3 Å². The zero-order chi connectivity index (χ0) is 11.5. The molecule has 1 aromatic carbocycles. The molecule has 0 fully saturated rings. The number of nitrogens with zero attached hydrogens (tertiary/aromatic N) is 2. The molecule has 1 aromatic heterocycles. The van der Waals surface area contributed by atoms with E-state index in [4.69, 9.17) is 11.5 Å². The maximum atomic E-state index is 13.0. The van der Waals surface area contributed by atoms with Crippen molar-refractivity contribution in [3.8, 4) is 11.3 Å². The first-order valence-corrected chi connectivity index (χ1v) is 5.34. The van der Waals surface area contributed by atoms with Crippen LogP contribution in [0, 0.1) is 5.82 Å². The van der Waals surface area contributed by atoms with E-state index in [-0.39, 0.29) is 28.8 Å². The number of hydrogen-bond donors (Lipinski definition) is 2. The van der Waals surface area contributed by atoms with Crippen LogP contribution in [0.5, 0.6) is 0 Å². The summed E-state index contributed by atoms with van der Waals surface area (Å²) in [6, 6.07) is 6.20. The number of hydrogen-bond acceptors (Lipinski definition) is 3. The van der Waals surface area contributed by atoms with E-state index in [0.717, 1.165) is 0 Å². The quantitative estimate of drug-likeness (QED) is 0.660. The van der Waals surface area contributed by atoms with E-state index >= 15 is 0 Å². The number of thiazole rings is 1. The molecule has 0 bridgehead atoms. The molecule has 0 radical (unpaired) electrons. The fourth-order valence-corrected chi connectivity index (χ4v) is 1.92. The van der Waals surface area contributed by atoms with Gasteiger partial charge in [0.25, 0.3) is 0 Å². The van der Waals surface area contributed by atoms with Crippen LogP contribution in [0.25, 0.3) is 11.3 Å². The minimum Gasteiger partial charge on any atom is -0.370 e. The Kier molecular flexibility index (Phi) is 4.59. The van der Waals surface area contributed by atoms with Crippen molar-refractivity contribution >= 4 is 39.4 Å².